The molecule has 1 nitrogen and oxygen atoms in total. The molecule has 1 heterocycles. The second kappa shape index (κ2) is 11.0. The molecule has 0 aliphatic rings. The van der Waals surface area contributed by atoms with Crippen LogP contribution in [-0.4, -0.2) is 4.98 Å². The molecule has 42 heavy (non-hydrogen) atoms. The first-order valence-corrected chi connectivity index (χ1v) is 14.5. The van der Waals surface area contributed by atoms with E-state index in [0.29, 0.717) is 0 Å². The van der Waals surface area contributed by atoms with Gasteiger partial charge in [-0.25, -0.2) is 0 Å². The van der Waals surface area contributed by atoms with Crippen LogP contribution < -0.4 is 0 Å². The van der Waals surface area contributed by atoms with Gasteiger partial charge in [-0.05, 0) is 80.9 Å². The van der Waals surface area contributed by atoms with Gasteiger partial charge in [0.2, 0.25) is 0 Å². The maximum absolute atomic E-state index is 4.98. The lowest BCUT2D eigenvalue weighted by atomic mass is 9.77. The standard InChI is InChI=1S/C41H31N/c1-28-25-26-34-36(30-17-7-3-8-18-30)37(31-19-9-4-10-20-31)38(32-21-11-5-12-22-32)39(33-23-13-6-14-24-33)40(34)35(28)41-29(2)16-15-27-42-41/h3-27H,1-2H3. The Morgan fingerprint density at radius 3 is 1.31 bits per heavy atom. The third kappa shape index (κ3) is 4.40. The quantitative estimate of drug-likeness (QED) is 0.213. The molecule has 0 fully saturated rings. The van der Waals surface area contributed by atoms with Crippen LogP contribution >= 0.6 is 0 Å². The van der Waals surface area contributed by atoms with Gasteiger partial charge in [0.05, 0.1) is 5.69 Å². The number of pyridine rings is 1. The van der Waals surface area contributed by atoms with Gasteiger partial charge in [-0.3, -0.25) is 4.98 Å². The molecule has 1 aromatic heterocycles. The Morgan fingerprint density at radius 2 is 0.810 bits per heavy atom. The minimum Gasteiger partial charge on any atom is -0.256 e. The van der Waals surface area contributed by atoms with Crippen molar-refractivity contribution in [2.24, 2.45) is 0 Å². The number of benzene rings is 6. The summed E-state index contributed by atoms with van der Waals surface area (Å²) < 4.78 is 0. The van der Waals surface area contributed by atoms with E-state index in [1.807, 2.05) is 12.3 Å². The zero-order chi connectivity index (χ0) is 28.5. The number of rotatable bonds is 5. The van der Waals surface area contributed by atoms with Gasteiger partial charge in [0.25, 0.3) is 0 Å². The molecule has 0 unspecified atom stereocenters. The zero-order valence-corrected chi connectivity index (χ0v) is 23.9. The maximum Gasteiger partial charge on any atom is 0.0740 e. The molecule has 0 atom stereocenters. The molecule has 7 aromatic rings. The highest BCUT2D eigenvalue weighted by molar-refractivity contribution is 6.22. The van der Waals surface area contributed by atoms with E-state index in [9.17, 15) is 0 Å². The molecule has 0 radical (unpaired) electrons. The first-order chi connectivity index (χ1) is 20.7. The van der Waals surface area contributed by atoms with Crippen molar-refractivity contribution in [3.63, 3.8) is 0 Å². The van der Waals surface area contributed by atoms with Crippen molar-refractivity contribution in [3.05, 3.63) is 163 Å². The number of hydrogen-bond acceptors (Lipinski definition) is 1. The molecule has 0 saturated carbocycles. The Balaban J connectivity index is 1.82. The Morgan fingerprint density at radius 1 is 0.357 bits per heavy atom. The minimum atomic E-state index is 1.03. The fraction of sp³-hybridized carbons (Fsp3) is 0.0488. The highest BCUT2D eigenvalue weighted by Gasteiger charge is 2.26. The van der Waals surface area contributed by atoms with Crippen LogP contribution in [0.15, 0.2) is 152 Å². The Kier molecular flexibility index (Phi) is 6.70. The third-order valence-corrected chi connectivity index (χ3v) is 8.18. The summed E-state index contributed by atoms with van der Waals surface area (Å²) in [6, 6.07) is 52.2. The molecule has 0 aliphatic heterocycles. The first kappa shape index (κ1) is 25.7. The number of aromatic nitrogens is 1. The molecule has 1 heteroatoms. The molecule has 0 amide bonds. The second-order valence-corrected chi connectivity index (χ2v) is 10.8. The first-order valence-electron chi connectivity index (χ1n) is 14.5. The summed E-state index contributed by atoms with van der Waals surface area (Å²) in [5.41, 5.74) is 14.3. The Hall–Kier alpha value is -5.27. The van der Waals surface area contributed by atoms with Gasteiger partial charge in [-0.1, -0.05) is 140 Å². The number of aryl methyl sites for hydroxylation is 2. The van der Waals surface area contributed by atoms with E-state index < -0.39 is 0 Å². The normalized spacial score (nSPS) is 11.1. The van der Waals surface area contributed by atoms with Crippen molar-refractivity contribution in [1.82, 2.24) is 4.98 Å². The highest BCUT2D eigenvalue weighted by Crippen LogP contribution is 2.53. The summed E-state index contributed by atoms with van der Waals surface area (Å²) in [5.74, 6) is 0. The number of hydrogen-bond donors (Lipinski definition) is 0. The van der Waals surface area contributed by atoms with Crippen molar-refractivity contribution < 1.29 is 0 Å². The van der Waals surface area contributed by atoms with Crippen LogP contribution in [0, 0.1) is 13.8 Å². The molecule has 7 rings (SSSR count). The summed E-state index contributed by atoms with van der Waals surface area (Å²) in [6.07, 6.45) is 1.91. The van der Waals surface area contributed by atoms with Crippen LogP contribution in [0.2, 0.25) is 0 Å². The summed E-state index contributed by atoms with van der Waals surface area (Å²) in [6.45, 7) is 4.38. The van der Waals surface area contributed by atoms with Gasteiger partial charge in [0.1, 0.15) is 0 Å². The summed E-state index contributed by atoms with van der Waals surface area (Å²) in [4.78, 5) is 4.98. The minimum absolute atomic E-state index is 1.03. The predicted molar refractivity (Wildman–Crippen MR) is 178 cm³/mol. The zero-order valence-electron chi connectivity index (χ0n) is 23.9. The number of nitrogens with zero attached hydrogens (tertiary/aromatic N) is 1. The average molecular weight is 538 g/mol. The van der Waals surface area contributed by atoms with Crippen LogP contribution in [0.5, 0.6) is 0 Å². The predicted octanol–water partition coefficient (Wildman–Crippen LogP) is 11.2. The smallest absolute Gasteiger partial charge is 0.0740 e. The van der Waals surface area contributed by atoms with E-state index in [2.05, 4.69) is 153 Å². The van der Waals surface area contributed by atoms with E-state index in [1.54, 1.807) is 0 Å². The molecule has 6 aromatic carbocycles. The maximum atomic E-state index is 4.98. The summed E-state index contributed by atoms with van der Waals surface area (Å²) >= 11 is 0. The van der Waals surface area contributed by atoms with Crippen LogP contribution in [0.1, 0.15) is 11.1 Å². The lowest BCUT2D eigenvalue weighted by Gasteiger charge is -2.26. The fourth-order valence-electron chi connectivity index (χ4n) is 6.32. The molecule has 0 saturated heterocycles. The van der Waals surface area contributed by atoms with E-state index in [-0.39, 0.29) is 0 Å². The lowest BCUT2D eigenvalue weighted by Crippen LogP contribution is -2.01. The van der Waals surface area contributed by atoms with Gasteiger partial charge in [-0.2, -0.15) is 0 Å². The van der Waals surface area contributed by atoms with Gasteiger partial charge in [0.15, 0.2) is 0 Å². The largest absolute Gasteiger partial charge is 0.256 e. The van der Waals surface area contributed by atoms with Crippen LogP contribution in [0.3, 0.4) is 0 Å². The monoisotopic (exact) mass is 537 g/mol. The van der Waals surface area contributed by atoms with E-state index in [4.69, 9.17) is 4.98 Å². The summed E-state index contributed by atoms with van der Waals surface area (Å²) in [5, 5.41) is 2.46. The molecule has 0 bridgehead atoms. The van der Waals surface area contributed by atoms with E-state index in [0.717, 1.165) is 5.69 Å². The van der Waals surface area contributed by atoms with Crippen molar-refractivity contribution >= 4 is 10.8 Å². The molecular formula is C41H31N. The Bertz CT molecular complexity index is 2010. The van der Waals surface area contributed by atoms with Gasteiger partial charge in [0, 0.05) is 17.1 Å². The SMILES string of the molecule is Cc1cccnc1-c1c(C)ccc2c(-c3ccccc3)c(-c3ccccc3)c(-c3ccccc3)c(-c3ccccc3)c12. The average Bonchev–Trinajstić information content (AvgIpc) is 3.06. The molecule has 0 spiro atoms. The highest BCUT2D eigenvalue weighted by atomic mass is 14.7. The molecular weight excluding hydrogens is 506 g/mol. The van der Waals surface area contributed by atoms with Crippen LogP contribution in [0.4, 0.5) is 0 Å². The lowest BCUT2D eigenvalue weighted by molar-refractivity contribution is 1.26. The van der Waals surface area contributed by atoms with Crippen molar-refractivity contribution in [1.29, 1.82) is 0 Å². The van der Waals surface area contributed by atoms with Crippen molar-refractivity contribution in [2.45, 2.75) is 13.8 Å². The van der Waals surface area contributed by atoms with Gasteiger partial charge in [-0.15, -0.1) is 0 Å². The van der Waals surface area contributed by atoms with E-state index in [1.165, 1.54) is 72.0 Å². The third-order valence-electron chi connectivity index (χ3n) is 8.18. The molecule has 0 aliphatic carbocycles. The van der Waals surface area contributed by atoms with Gasteiger partial charge < -0.3 is 0 Å². The summed E-state index contributed by atoms with van der Waals surface area (Å²) in [7, 11) is 0. The Labute approximate surface area is 247 Å². The number of fused-ring (bicyclic) bond motifs is 1. The van der Waals surface area contributed by atoms with E-state index >= 15 is 0 Å². The van der Waals surface area contributed by atoms with Crippen LogP contribution in [-0.2, 0) is 0 Å². The molecule has 0 N–H and O–H groups in total. The van der Waals surface area contributed by atoms with Crippen molar-refractivity contribution in [3.8, 4) is 55.8 Å². The van der Waals surface area contributed by atoms with Crippen LogP contribution in [0.25, 0.3) is 66.5 Å². The fourth-order valence-corrected chi connectivity index (χ4v) is 6.32. The molecule has 200 valence electrons. The van der Waals surface area contributed by atoms with Gasteiger partial charge >= 0.3 is 0 Å². The van der Waals surface area contributed by atoms with Crippen molar-refractivity contribution in [2.75, 3.05) is 0 Å². The second-order valence-electron chi connectivity index (χ2n) is 10.8. The topological polar surface area (TPSA) is 12.9 Å².